The van der Waals surface area contributed by atoms with Crippen LogP contribution in [0.5, 0.6) is 0 Å². The molecule has 3 heteroatoms. The zero-order chi connectivity index (χ0) is 17.7. The summed E-state index contributed by atoms with van der Waals surface area (Å²) in [6.45, 7) is 11.6. The molecule has 1 heterocycles. The van der Waals surface area contributed by atoms with E-state index in [1.807, 2.05) is 17.9 Å². The van der Waals surface area contributed by atoms with Crippen molar-refractivity contribution in [3.8, 4) is 0 Å². The molecule has 1 N–H and O–H groups in total. The van der Waals surface area contributed by atoms with E-state index in [0.29, 0.717) is 5.92 Å². The van der Waals surface area contributed by atoms with Crippen molar-refractivity contribution in [2.75, 3.05) is 6.54 Å². The van der Waals surface area contributed by atoms with Crippen LogP contribution in [0.15, 0.2) is 41.5 Å². The molecule has 0 bridgehead atoms. The molecule has 0 spiro atoms. The summed E-state index contributed by atoms with van der Waals surface area (Å²) in [6.07, 6.45) is 3.17. The minimum atomic E-state index is 0.0574. The first-order valence-corrected chi connectivity index (χ1v) is 9.19. The summed E-state index contributed by atoms with van der Waals surface area (Å²) < 4.78 is 0. The van der Waals surface area contributed by atoms with E-state index in [4.69, 9.17) is 0 Å². The molecule has 0 aliphatic carbocycles. The van der Waals surface area contributed by atoms with E-state index in [0.717, 1.165) is 31.4 Å². The van der Waals surface area contributed by atoms with Crippen LogP contribution in [0.25, 0.3) is 0 Å². The minimum Gasteiger partial charge on any atom is -0.317 e. The highest BCUT2D eigenvalue weighted by atomic mass is 16.2. The van der Waals surface area contributed by atoms with Crippen molar-refractivity contribution in [3.05, 3.63) is 47.0 Å². The van der Waals surface area contributed by atoms with Gasteiger partial charge in [0.05, 0.1) is 0 Å². The monoisotopic (exact) mass is 328 g/mol. The quantitative estimate of drug-likeness (QED) is 0.777. The molecule has 1 aromatic rings. The first-order valence-electron chi connectivity index (χ1n) is 9.19. The lowest BCUT2D eigenvalue weighted by Crippen LogP contribution is -2.50. The van der Waals surface area contributed by atoms with Gasteiger partial charge in [0.1, 0.15) is 6.17 Å². The number of aryl methyl sites for hydroxylation is 1. The first kappa shape index (κ1) is 18.7. The van der Waals surface area contributed by atoms with Gasteiger partial charge in [-0.1, -0.05) is 44.2 Å². The molecule has 0 radical (unpaired) electrons. The van der Waals surface area contributed by atoms with Crippen LogP contribution in [-0.4, -0.2) is 29.6 Å². The van der Waals surface area contributed by atoms with Gasteiger partial charge in [0.25, 0.3) is 5.91 Å². The van der Waals surface area contributed by atoms with Crippen LogP contribution in [0.3, 0.4) is 0 Å². The number of hydrogen-bond donors (Lipinski definition) is 1. The zero-order valence-electron chi connectivity index (χ0n) is 15.8. The van der Waals surface area contributed by atoms with Gasteiger partial charge in [0, 0.05) is 11.6 Å². The highest BCUT2D eigenvalue weighted by Crippen LogP contribution is 2.27. The Morgan fingerprint density at radius 3 is 2.38 bits per heavy atom. The molecule has 2 atom stereocenters. The van der Waals surface area contributed by atoms with Gasteiger partial charge in [0.15, 0.2) is 0 Å². The molecule has 2 unspecified atom stereocenters. The summed E-state index contributed by atoms with van der Waals surface area (Å²) in [5.41, 5.74) is 3.42. The van der Waals surface area contributed by atoms with Crippen LogP contribution in [0.1, 0.15) is 53.0 Å². The molecule has 0 saturated heterocycles. The largest absolute Gasteiger partial charge is 0.317 e. The summed E-state index contributed by atoms with van der Waals surface area (Å²) in [4.78, 5) is 14.8. The minimum absolute atomic E-state index is 0.0574. The Morgan fingerprint density at radius 2 is 1.75 bits per heavy atom. The average Bonchev–Trinajstić information content (AvgIpc) is 2.77. The highest BCUT2D eigenvalue weighted by Gasteiger charge is 2.37. The predicted molar refractivity (Wildman–Crippen MR) is 101 cm³/mol. The van der Waals surface area contributed by atoms with E-state index in [-0.39, 0.29) is 18.1 Å². The standard InChI is InChI=1S/C21H32N2O/c1-15(2)13-14-22-20-17(4)18(5)21(24)23(20)16(3)11-12-19-9-7-6-8-10-19/h6-10,15-16,20,22H,11-14H2,1-5H3. The lowest BCUT2D eigenvalue weighted by molar-refractivity contribution is -0.129. The van der Waals surface area contributed by atoms with E-state index in [9.17, 15) is 4.79 Å². The Morgan fingerprint density at radius 1 is 1.08 bits per heavy atom. The number of amides is 1. The van der Waals surface area contributed by atoms with Crippen molar-refractivity contribution in [3.63, 3.8) is 0 Å². The maximum absolute atomic E-state index is 12.7. The fraction of sp³-hybridized carbons (Fsp3) is 0.571. The average molecular weight is 328 g/mol. The Hall–Kier alpha value is -1.61. The van der Waals surface area contributed by atoms with Crippen molar-refractivity contribution < 1.29 is 4.79 Å². The van der Waals surface area contributed by atoms with Crippen LogP contribution in [0.4, 0.5) is 0 Å². The highest BCUT2D eigenvalue weighted by molar-refractivity contribution is 5.97. The molecule has 3 nitrogen and oxygen atoms in total. The van der Waals surface area contributed by atoms with Gasteiger partial charge in [-0.3, -0.25) is 10.1 Å². The van der Waals surface area contributed by atoms with Crippen LogP contribution in [0.2, 0.25) is 0 Å². The Kier molecular flexibility index (Phi) is 6.61. The second-order valence-corrected chi connectivity index (χ2v) is 7.43. The van der Waals surface area contributed by atoms with Gasteiger partial charge in [-0.2, -0.15) is 0 Å². The Balaban J connectivity index is 2.00. The fourth-order valence-electron chi connectivity index (χ4n) is 3.27. The first-order chi connectivity index (χ1) is 11.4. The molecule has 1 amide bonds. The van der Waals surface area contributed by atoms with Crippen LogP contribution < -0.4 is 5.32 Å². The van der Waals surface area contributed by atoms with Crippen LogP contribution in [-0.2, 0) is 11.2 Å². The van der Waals surface area contributed by atoms with Gasteiger partial charge >= 0.3 is 0 Å². The van der Waals surface area contributed by atoms with E-state index < -0.39 is 0 Å². The van der Waals surface area contributed by atoms with Crippen LogP contribution >= 0.6 is 0 Å². The van der Waals surface area contributed by atoms with E-state index in [1.165, 1.54) is 11.1 Å². The molecule has 1 aliphatic rings. The van der Waals surface area contributed by atoms with Gasteiger partial charge in [-0.15, -0.1) is 0 Å². The molecule has 1 aromatic carbocycles. The van der Waals surface area contributed by atoms with E-state index >= 15 is 0 Å². The maximum atomic E-state index is 12.7. The van der Waals surface area contributed by atoms with E-state index in [2.05, 4.69) is 57.3 Å². The molecule has 132 valence electrons. The summed E-state index contributed by atoms with van der Waals surface area (Å²) in [5, 5.41) is 3.60. The Bertz CT molecular complexity index is 577. The molecule has 0 aromatic heterocycles. The summed E-state index contributed by atoms with van der Waals surface area (Å²) in [5.74, 6) is 0.860. The van der Waals surface area contributed by atoms with Crippen molar-refractivity contribution in [2.45, 2.75) is 66.1 Å². The molecule has 0 saturated carbocycles. The number of carbonyl (C=O) groups is 1. The zero-order valence-corrected chi connectivity index (χ0v) is 15.8. The van der Waals surface area contributed by atoms with E-state index in [1.54, 1.807) is 0 Å². The third kappa shape index (κ3) is 4.47. The van der Waals surface area contributed by atoms with Gasteiger partial charge in [-0.25, -0.2) is 0 Å². The summed E-state index contributed by atoms with van der Waals surface area (Å²) in [7, 11) is 0. The molecule has 1 aliphatic heterocycles. The molecule has 0 fully saturated rings. The number of nitrogens with one attached hydrogen (secondary N) is 1. The van der Waals surface area contributed by atoms with Gasteiger partial charge in [-0.05, 0) is 63.6 Å². The number of rotatable bonds is 8. The fourth-order valence-corrected chi connectivity index (χ4v) is 3.27. The predicted octanol–water partition coefficient (Wildman–Crippen LogP) is 4.15. The van der Waals surface area contributed by atoms with Crippen molar-refractivity contribution in [2.24, 2.45) is 5.92 Å². The normalized spacial score (nSPS) is 19.5. The second kappa shape index (κ2) is 8.48. The van der Waals surface area contributed by atoms with Crippen molar-refractivity contribution in [1.82, 2.24) is 10.2 Å². The summed E-state index contributed by atoms with van der Waals surface area (Å²) in [6, 6.07) is 10.7. The topological polar surface area (TPSA) is 32.3 Å². The third-order valence-corrected chi connectivity index (χ3v) is 5.06. The number of hydrogen-bond acceptors (Lipinski definition) is 2. The molecule has 2 rings (SSSR count). The number of nitrogens with zero attached hydrogens (tertiary/aromatic N) is 1. The SMILES string of the molecule is CC1=C(C)C(NCCC(C)C)N(C(C)CCc2ccccc2)C1=O. The Labute approximate surface area is 147 Å². The molecule has 24 heavy (non-hydrogen) atoms. The van der Waals surface area contributed by atoms with Crippen molar-refractivity contribution in [1.29, 1.82) is 0 Å². The summed E-state index contributed by atoms with van der Waals surface area (Å²) >= 11 is 0. The van der Waals surface area contributed by atoms with Gasteiger partial charge in [0.2, 0.25) is 0 Å². The van der Waals surface area contributed by atoms with Crippen LogP contribution in [0, 0.1) is 5.92 Å². The molecular weight excluding hydrogens is 296 g/mol. The maximum Gasteiger partial charge on any atom is 0.251 e. The van der Waals surface area contributed by atoms with Gasteiger partial charge < -0.3 is 4.90 Å². The lowest BCUT2D eigenvalue weighted by Gasteiger charge is -2.33. The van der Waals surface area contributed by atoms with Crippen molar-refractivity contribution >= 4 is 5.91 Å². The molecular formula is C21H32N2O. The third-order valence-electron chi connectivity index (χ3n) is 5.06. The number of carbonyl (C=O) groups excluding carboxylic acids is 1. The second-order valence-electron chi connectivity index (χ2n) is 7.43. The lowest BCUT2D eigenvalue weighted by atomic mass is 10.0. The number of benzene rings is 1. The smallest absolute Gasteiger partial charge is 0.251 e.